The van der Waals surface area contributed by atoms with Crippen LogP contribution in [0.15, 0.2) is 72.8 Å². The van der Waals surface area contributed by atoms with Crippen molar-refractivity contribution in [2.75, 3.05) is 6.54 Å². The number of carboxylic acid groups (broad SMARTS) is 1. The van der Waals surface area contributed by atoms with Crippen molar-refractivity contribution in [3.63, 3.8) is 0 Å². The Labute approximate surface area is 200 Å². The molecule has 0 amide bonds. The quantitative estimate of drug-likeness (QED) is 0.324. The second-order valence-electron chi connectivity index (χ2n) is 9.15. The minimum Gasteiger partial charge on any atom is -0.489 e. The average Bonchev–Trinajstić information content (AvgIpc) is 2.81. The van der Waals surface area contributed by atoms with Crippen LogP contribution >= 0.6 is 0 Å². The summed E-state index contributed by atoms with van der Waals surface area (Å²) in [5.74, 6) is -0.256. The maximum Gasteiger partial charge on any atom is 0.307 e. The fourth-order valence-electron chi connectivity index (χ4n) is 3.89. The van der Waals surface area contributed by atoms with E-state index in [1.807, 2.05) is 74.5 Å². The monoisotopic (exact) mass is 463 g/mol. The molecule has 4 N–H and O–H groups in total. The minimum absolute atomic E-state index is 0.00133. The number of rotatable bonds is 12. The van der Waals surface area contributed by atoms with Crippen LogP contribution in [0, 0.1) is 0 Å². The first-order chi connectivity index (χ1) is 16.3. The normalized spacial score (nSPS) is 12.4. The Hall–Kier alpha value is -3.19. The molecule has 0 aliphatic heterocycles. The molecule has 0 radical (unpaired) electrons. The third kappa shape index (κ3) is 7.70. The van der Waals surface area contributed by atoms with E-state index in [0.717, 1.165) is 16.7 Å². The number of ether oxygens (including phenoxy) is 1. The molecule has 6 heteroatoms. The Bertz CT molecular complexity index is 1080. The minimum atomic E-state index is -0.851. The highest BCUT2D eigenvalue weighted by Gasteiger charge is 2.21. The summed E-state index contributed by atoms with van der Waals surface area (Å²) in [4.78, 5) is 11.0. The summed E-state index contributed by atoms with van der Waals surface area (Å²) in [5, 5.41) is 33.0. The highest BCUT2D eigenvalue weighted by Crippen LogP contribution is 2.25. The molecular formula is C28H33NO5. The topological polar surface area (TPSA) is 99.0 Å². The van der Waals surface area contributed by atoms with E-state index in [-0.39, 0.29) is 18.6 Å². The van der Waals surface area contributed by atoms with E-state index in [0.29, 0.717) is 36.4 Å². The van der Waals surface area contributed by atoms with Crippen LogP contribution in [0.5, 0.6) is 5.75 Å². The largest absolute Gasteiger partial charge is 0.489 e. The number of aliphatic hydroxyl groups is 2. The Morgan fingerprint density at radius 3 is 2.38 bits per heavy atom. The molecule has 0 aliphatic rings. The van der Waals surface area contributed by atoms with E-state index in [9.17, 15) is 15.0 Å². The Kier molecular flexibility index (Phi) is 8.82. The molecule has 6 nitrogen and oxygen atoms in total. The van der Waals surface area contributed by atoms with E-state index in [4.69, 9.17) is 9.84 Å². The number of aliphatic hydroxyl groups excluding tert-OH is 2. The zero-order valence-electron chi connectivity index (χ0n) is 19.7. The molecule has 180 valence electrons. The summed E-state index contributed by atoms with van der Waals surface area (Å²) < 4.78 is 5.87. The molecule has 0 bridgehead atoms. The second-order valence-corrected chi connectivity index (χ2v) is 9.15. The molecule has 0 saturated carbocycles. The van der Waals surface area contributed by atoms with Gasteiger partial charge in [0.05, 0.1) is 19.1 Å². The van der Waals surface area contributed by atoms with Gasteiger partial charge in [0.2, 0.25) is 0 Å². The fraction of sp³-hybridized carbons (Fsp3) is 0.321. The van der Waals surface area contributed by atoms with E-state index in [1.54, 1.807) is 12.1 Å². The number of carbonyl (C=O) groups is 1. The van der Waals surface area contributed by atoms with Gasteiger partial charge >= 0.3 is 5.97 Å². The van der Waals surface area contributed by atoms with Gasteiger partial charge in [0.15, 0.2) is 0 Å². The van der Waals surface area contributed by atoms with Crippen LogP contribution in [0.4, 0.5) is 0 Å². The molecule has 34 heavy (non-hydrogen) atoms. The van der Waals surface area contributed by atoms with E-state index >= 15 is 0 Å². The molecule has 0 spiro atoms. The van der Waals surface area contributed by atoms with Crippen LogP contribution in [0.3, 0.4) is 0 Å². The van der Waals surface area contributed by atoms with Crippen molar-refractivity contribution in [3.8, 4) is 5.75 Å². The number of hydrogen-bond donors (Lipinski definition) is 4. The van der Waals surface area contributed by atoms with Gasteiger partial charge in [-0.05, 0) is 54.7 Å². The summed E-state index contributed by atoms with van der Waals surface area (Å²) in [6.45, 7) is 4.64. The Balaban J connectivity index is 1.59. The summed E-state index contributed by atoms with van der Waals surface area (Å²) in [5.41, 5.74) is 3.85. The number of nitrogens with one attached hydrogen (secondary N) is 1. The lowest BCUT2D eigenvalue weighted by Crippen LogP contribution is -2.43. The van der Waals surface area contributed by atoms with Crippen molar-refractivity contribution in [2.45, 2.75) is 51.5 Å². The van der Waals surface area contributed by atoms with Crippen LogP contribution in [0.2, 0.25) is 0 Å². The second kappa shape index (κ2) is 11.8. The first-order valence-electron chi connectivity index (χ1n) is 11.4. The lowest BCUT2D eigenvalue weighted by Gasteiger charge is -2.28. The predicted octanol–water partition coefficient (Wildman–Crippen LogP) is 4.03. The number of aliphatic carboxylic acids is 1. The molecule has 0 unspecified atom stereocenters. The van der Waals surface area contributed by atoms with E-state index < -0.39 is 12.1 Å². The van der Waals surface area contributed by atoms with Gasteiger partial charge in [-0.3, -0.25) is 4.79 Å². The SMILES string of the molecule is CC(C)(Cc1cccc(CC(=O)O)c1)NC[C@@H](O)c1ccc(OCc2ccccc2)c(CO)c1. The molecule has 0 aliphatic carbocycles. The highest BCUT2D eigenvalue weighted by molar-refractivity contribution is 5.70. The Morgan fingerprint density at radius 2 is 1.68 bits per heavy atom. The average molecular weight is 464 g/mol. The fourth-order valence-corrected chi connectivity index (χ4v) is 3.89. The lowest BCUT2D eigenvalue weighted by molar-refractivity contribution is -0.136. The first kappa shape index (κ1) is 25.4. The molecule has 0 saturated heterocycles. The van der Waals surface area contributed by atoms with Crippen molar-refractivity contribution in [1.29, 1.82) is 0 Å². The zero-order chi connectivity index (χ0) is 24.6. The van der Waals surface area contributed by atoms with Crippen molar-refractivity contribution in [1.82, 2.24) is 5.32 Å². The third-order valence-electron chi connectivity index (χ3n) is 5.64. The zero-order valence-corrected chi connectivity index (χ0v) is 19.7. The first-order valence-corrected chi connectivity index (χ1v) is 11.4. The smallest absolute Gasteiger partial charge is 0.307 e. The van der Waals surface area contributed by atoms with Crippen LogP contribution in [-0.2, 0) is 30.8 Å². The lowest BCUT2D eigenvalue weighted by atomic mass is 9.93. The Morgan fingerprint density at radius 1 is 0.971 bits per heavy atom. The van der Waals surface area contributed by atoms with Gasteiger partial charge in [0.1, 0.15) is 12.4 Å². The molecular weight excluding hydrogens is 430 g/mol. The summed E-state index contributed by atoms with van der Waals surface area (Å²) in [6, 6.07) is 22.8. The van der Waals surface area contributed by atoms with Gasteiger partial charge in [-0.25, -0.2) is 0 Å². The van der Waals surface area contributed by atoms with Crippen molar-refractivity contribution < 1.29 is 24.9 Å². The van der Waals surface area contributed by atoms with Gasteiger partial charge in [-0.1, -0.05) is 60.7 Å². The van der Waals surface area contributed by atoms with E-state index in [2.05, 4.69) is 5.32 Å². The third-order valence-corrected chi connectivity index (χ3v) is 5.64. The van der Waals surface area contributed by atoms with Gasteiger partial charge < -0.3 is 25.4 Å². The number of carboxylic acids is 1. The van der Waals surface area contributed by atoms with Gasteiger partial charge in [0, 0.05) is 17.6 Å². The van der Waals surface area contributed by atoms with Crippen molar-refractivity contribution in [3.05, 3.63) is 101 Å². The molecule has 1 atom stereocenters. The molecule has 0 fully saturated rings. The number of hydrogen-bond acceptors (Lipinski definition) is 5. The van der Waals surface area contributed by atoms with Crippen LogP contribution in [-0.4, -0.2) is 33.4 Å². The molecule has 3 aromatic rings. The summed E-state index contributed by atoms with van der Waals surface area (Å²) >= 11 is 0. The highest BCUT2D eigenvalue weighted by atomic mass is 16.5. The van der Waals surface area contributed by atoms with Crippen LogP contribution < -0.4 is 10.1 Å². The molecule has 0 aromatic heterocycles. The molecule has 0 heterocycles. The predicted molar refractivity (Wildman–Crippen MR) is 132 cm³/mol. The summed E-state index contributed by atoms with van der Waals surface area (Å²) in [6.07, 6.45) is -0.0777. The van der Waals surface area contributed by atoms with Crippen LogP contribution in [0.1, 0.15) is 47.8 Å². The molecule has 3 rings (SSSR count). The van der Waals surface area contributed by atoms with Gasteiger partial charge in [-0.2, -0.15) is 0 Å². The van der Waals surface area contributed by atoms with Crippen molar-refractivity contribution >= 4 is 5.97 Å². The van der Waals surface area contributed by atoms with Gasteiger partial charge in [0.25, 0.3) is 0 Å². The maximum atomic E-state index is 11.0. The van der Waals surface area contributed by atoms with Crippen LogP contribution in [0.25, 0.3) is 0 Å². The molecule has 3 aromatic carbocycles. The number of β-amino-alcohol motifs (C(OH)–C–C–N with tert-alkyl or cyclic N) is 1. The summed E-state index contributed by atoms with van der Waals surface area (Å²) in [7, 11) is 0. The maximum absolute atomic E-state index is 11.0. The van der Waals surface area contributed by atoms with Gasteiger partial charge in [-0.15, -0.1) is 0 Å². The standard InChI is InChI=1S/C28H33NO5/c1-28(2,16-22-10-6-9-21(13-22)14-27(32)33)29-17-25(31)23-11-12-26(24(15-23)18-30)34-19-20-7-4-3-5-8-20/h3-13,15,25,29-31H,14,16-19H2,1-2H3,(H,32,33)/t25-/m1/s1. The van der Waals surface area contributed by atoms with Crippen molar-refractivity contribution in [2.24, 2.45) is 0 Å². The van der Waals surface area contributed by atoms with E-state index in [1.165, 1.54) is 0 Å². The number of benzene rings is 3.